The molecule has 20 heavy (non-hydrogen) atoms. The molecule has 1 rings (SSSR count). The summed E-state index contributed by atoms with van der Waals surface area (Å²) < 4.78 is 0. The molecular weight excluding hydrogens is 256 g/mol. The average molecular weight is 278 g/mol. The molecule has 0 aromatic heterocycles. The molecule has 0 heterocycles. The van der Waals surface area contributed by atoms with E-state index >= 15 is 0 Å². The molecule has 0 fully saturated rings. The molecule has 5 heteroatoms. The number of carbonyl (C=O) groups is 2. The predicted molar refractivity (Wildman–Crippen MR) is 78.8 cm³/mol. The second-order valence-electron chi connectivity index (χ2n) is 5.25. The molecule has 3 N–H and O–H groups in total. The molecule has 0 spiro atoms. The number of hydrogen-bond acceptors (Lipinski definition) is 3. The van der Waals surface area contributed by atoms with Crippen molar-refractivity contribution in [1.29, 1.82) is 0 Å². The molecule has 0 bridgehead atoms. The summed E-state index contributed by atoms with van der Waals surface area (Å²) in [5, 5.41) is 14.6. The van der Waals surface area contributed by atoms with Crippen LogP contribution >= 0.6 is 0 Å². The van der Waals surface area contributed by atoms with Crippen molar-refractivity contribution in [3.05, 3.63) is 29.3 Å². The first kappa shape index (κ1) is 16.0. The largest absolute Gasteiger partial charge is 0.480 e. The molecule has 0 saturated carbocycles. The van der Waals surface area contributed by atoms with E-state index in [4.69, 9.17) is 5.11 Å². The third-order valence-electron chi connectivity index (χ3n) is 3.16. The molecule has 0 aliphatic heterocycles. The highest BCUT2D eigenvalue weighted by molar-refractivity contribution is 5.86. The SMILES string of the molecule is Cc1cccc(C)c1NCC(=O)N[C@@H](C(=O)O)C(C)C. The van der Waals surface area contributed by atoms with E-state index in [0.29, 0.717) is 0 Å². The highest BCUT2D eigenvalue weighted by Crippen LogP contribution is 2.18. The van der Waals surface area contributed by atoms with Crippen molar-refractivity contribution in [1.82, 2.24) is 5.32 Å². The Morgan fingerprint density at radius 2 is 1.75 bits per heavy atom. The Morgan fingerprint density at radius 3 is 2.20 bits per heavy atom. The molecule has 0 aliphatic rings. The lowest BCUT2D eigenvalue weighted by molar-refractivity contribution is -0.142. The minimum absolute atomic E-state index is 0.0577. The van der Waals surface area contributed by atoms with Crippen LogP contribution in [0.5, 0.6) is 0 Å². The molecular formula is C15H22N2O3. The number of carbonyl (C=O) groups excluding carboxylic acids is 1. The predicted octanol–water partition coefficient (Wildman–Crippen LogP) is 1.94. The van der Waals surface area contributed by atoms with E-state index in [9.17, 15) is 9.59 Å². The summed E-state index contributed by atoms with van der Waals surface area (Å²) in [5.41, 5.74) is 3.02. The van der Waals surface area contributed by atoms with Crippen molar-refractivity contribution in [3.63, 3.8) is 0 Å². The van der Waals surface area contributed by atoms with E-state index in [2.05, 4.69) is 10.6 Å². The van der Waals surface area contributed by atoms with Crippen LogP contribution in [0.3, 0.4) is 0 Å². The third kappa shape index (κ3) is 4.26. The van der Waals surface area contributed by atoms with Crippen molar-refractivity contribution in [2.75, 3.05) is 11.9 Å². The monoisotopic (exact) mass is 278 g/mol. The fourth-order valence-corrected chi connectivity index (χ4v) is 2.00. The zero-order chi connectivity index (χ0) is 15.3. The zero-order valence-corrected chi connectivity index (χ0v) is 12.4. The summed E-state index contributed by atoms with van der Waals surface area (Å²) in [6.45, 7) is 7.50. The van der Waals surface area contributed by atoms with Crippen LogP contribution in [0, 0.1) is 19.8 Å². The van der Waals surface area contributed by atoms with Gasteiger partial charge in [-0.1, -0.05) is 32.0 Å². The number of para-hydroxylation sites is 1. The number of aliphatic carboxylic acids is 1. The maximum absolute atomic E-state index is 11.8. The molecule has 0 aliphatic carbocycles. The topological polar surface area (TPSA) is 78.4 Å². The smallest absolute Gasteiger partial charge is 0.326 e. The fraction of sp³-hybridized carbons (Fsp3) is 0.467. The van der Waals surface area contributed by atoms with Gasteiger partial charge in [-0.2, -0.15) is 0 Å². The van der Waals surface area contributed by atoms with E-state index in [1.807, 2.05) is 32.0 Å². The third-order valence-corrected chi connectivity index (χ3v) is 3.16. The Balaban J connectivity index is 2.62. The van der Waals surface area contributed by atoms with Crippen molar-refractivity contribution < 1.29 is 14.7 Å². The maximum atomic E-state index is 11.8. The van der Waals surface area contributed by atoms with Crippen LogP contribution in [-0.2, 0) is 9.59 Å². The van der Waals surface area contributed by atoms with Gasteiger partial charge in [-0.05, 0) is 30.9 Å². The van der Waals surface area contributed by atoms with E-state index < -0.39 is 12.0 Å². The maximum Gasteiger partial charge on any atom is 0.326 e. The summed E-state index contributed by atoms with van der Waals surface area (Å²) >= 11 is 0. The Hall–Kier alpha value is -2.04. The first-order chi connectivity index (χ1) is 9.32. The molecule has 0 radical (unpaired) electrons. The van der Waals surface area contributed by atoms with Crippen LogP contribution in [0.1, 0.15) is 25.0 Å². The normalized spacial score (nSPS) is 12.1. The minimum Gasteiger partial charge on any atom is -0.480 e. The zero-order valence-electron chi connectivity index (χ0n) is 12.4. The molecule has 0 saturated heterocycles. The second-order valence-corrected chi connectivity index (χ2v) is 5.25. The summed E-state index contributed by atoms with van der Waals surface area (Å²) in [5.74, 6) is -1.49. The standard InChI is InChI=1S/C15H22N2O3/c1-9(2)13(15(19)20)17-12(18)8-16-14-10(3)6-5-7-11(14)4/h5-7,9,13,16H,8H2,1-4H3,(H,17,18)(H,19,20)/t13-/m1/s1. The van der Waals surface area contributed by atoms with Crippen LogP contribution in [-0.4, -0.2) is 29.6 Å². The van der Waals surface area contributed by atoms with E-state index in [1.54, 1.807) is 13.8 Å². The van der Waals surface area contributed by atoms with Gasteiger partial charge in [-0.15, -0.1) is 0 Å². The number of aryl methyl sites for hydroxylation is 2. The number of nitrogens with one attached hydrogen (secondary N) is 2. The second kappa shape index (κ2) is 6.93. The molecule has 1 aromatic rings. The lowest BCUT2D eigenvalue weighted by Crippen LogP contribution is -2.46. The molecule has 0 unspecified atom stereocenters. The number of hydrogen-bond donors (Lipinski definition) is 3. The lowest BCUT2D eigenvalue weighted by Gasteiger charge is -2.19. The Kier molecular flexibility index (Phi) is 5.55. The summed E-state index contributed by atoms with van der Waals surface area (Å²) in [7, 11) is 0. The number of anilines is 1. The average Bonchev–Trinajstić information content (AvgIpc) is 2.34. The van der Waals surface area contributed by atoms with Gasteiger partial charge in [0.15, 0.2) is 0 Å². The molecule has 1 aromatic carbocycles. The number of benzene rings is 1. The Labute approximate surface area is 119 Å². The van der Waals surface area contributed by atoms with Gasteiger partial charge in [0.05, 0.1) is 6.54 Å². The van der Waals surface area contributed by atoms with E-state index in [-0.39, 0.29) is 18.4 Å². The Morgan fingerprint density at radius 1 is 1.20 bits per heavy atom. The fourth-order valence-electron chi connectivity index (χ4n) is 2.00. The highest BCUT2D eigenvalue weighted by Gasteiger charge is 2.23. The van der Waals surface area contributed by atoms with Crippen LogP contribution < -0.4 is 10.6 Å². The summed E-state index contributed by atoms with van der Waals surface area (Å²) in [4.78, 5) is 22.8. The van der Waals surface area contributed by atoms with E-state index in [1.165, 1.54) is 0 Å². The Bertz CT molecular complexity index is 478. The van der Waals surface area contributed by atoms with Gasteiger partial charge in [0.1, 0.15) is 6.04 Å². The van der Waals surface area contributed by atoms with Crippen molar-refractivity contribution >= 4 is 17.6 Å². The van der Waals surface area contributed by atoms with E-state index in [0.717, 1.165) is 16.8 Å². The van der Waals surface area contributed by atoms with Crippen molar-refractivity contribution in [3.8, 4) is 0 Å². The number of carboxylic acids is 1. The van der Waals surface area contributed by atoms with Crippen molar-refractivity contribution in [2.45, 2.75) is 33.7 Å². The minimum atomic E-state index is -1.01. The molecule has 5 nitrogen and oxygen atoms in total. The van der Waals surface area contributed by atoms with Gasteiger partial charge < -0.3 is 15.7 Å². The van der Waals surface area contributed by atoms with Crippen LogP contribution in [0.25, 0.3) is 0 Å². The summed E-state index contributed by atoms with van der Waals surface area (Å²) in [6, 6.07) is 5.01. The number of amides is 1. The number of rotatable bonds is 6. The van der Waals surface area contributed by atoms with Crippen LogP contribution in [0.2, 0.25) is 0 Å². The first-order valence-electron chi connectivity index (χ1n) is 6.65. The van der Waals surface area contributed by atoms with Gasteiger partial charge in [0.2, 0.25) is 5.91 Å². The van der Waals surface area contributed by atoms with Crippen molar-refractivity contribution in [2.24, 2.45) is 5.92 Å². The first-order valence-corrected chi connectivity index (χ1v) is 6.65. The molecule has 110 valence electrons. The lowest BCUT2D eigenvalue weighted by atomic mass is 10.0. The highest BCUT2D eigenvalue weighted by atomic mass is 16.4. The van der Waals surface area contributed by atoms with Gasteiger partial charge in [-0.3, -0.25) is 4.79 Å². The van der Waals surface area contributed by atoms with Crippen LogP contribution in [0.4, 0.5) is 5.69 Å². The molecule has 1 atom stereocenters. The van der Waals surface area contributed by atoms with Gasteiger partial charge in [0.25, 0.3) is 0 Å². The quantitative estimate of drug-likeness (QED) is 0.743. The van der Waals surface area contributed by atoms with Crippen LogP contribution in [0.15, 0.2) is 18.2 Å². The van der Waals surface area contributed by atoms with Gasteiger partial charge >= 0.3 is 5.97 Å². The summed E-state index contributed by atoms with van der Waals surface area (Å²) in [6.07, 6.45) is 0. The molecule has 1 amide bonds. The number of carboxylic acid groups (broad SMARTS) is 1. The van der Waals surface area contributed by atoms with Gasteiger partial charge in [0, 0.05) is 5.69 Å². The van der Waals surface area contributed by atoms with Gasteiger partial charge in [-0.25, -0.2) is 4.79 Å².